The minimum absolute atomic E-state index is 0.0710. The molecule has 0 heterocycles. The largest absolute Gasteiger partial charge is 0.466 e. The summed E-state index contributed by atoms with van der Waals surface area (Å²) in [6.07, 6.45) is 4.46. The van der Waals surface area contributed by atoms with E-state index in [1.165, 1.54) is 0 Å². The maximum atomic E-state index is 11.9. The Morgan fingerprint density at radius 3 is 1.90 bits per heavy atom. The number of unbranched alkanes of at least 4 members (excludes halogenated alkanes) is 3. The third-order valence-corrected chi connectivity index (χ3v) is 2.94. The van der Waals surface area contributed by atoms with Crippen LogP contribution in [0.5, 0.6) is 0 Å². The Bertz CT molecular complexity index is 278. The Morgan fingerprint density at radius 1 is 0.810 bits per heavy atom. The minimum atomic E-state index is -0.845. The van der Waals surface area contributed by atoms with Gasteiger partial charge in [-0.3, -0.25) is 4.79 Å². The van der Waals surface area contributed by atoms with Crippen LogP contribution >= 0.6 is 0 Å². The molecule has 0 fully saturated rings. The summed E-state index contributed by atoms with van der Waals surface area (Å²) in [7, 11) is 0. The molecular formula is C16H30O5. The van der Waals surface area contributed by atoms with E-state index in [9.17, 15) is 9.59 Å². The molecule has 5 heteroatoms. The van der Waals surface area contributed by atoms with E-state index in [4.69, 9.17) is 14.2 Å². The summed E-state index contributed by atoms with van der Waals surface area (Å²) in [6, 6.07) is 0. The van der Waals surface area contributed by atoms with E-state index in [2.05, 4.69) is 0 Å². The van der Waals surface area contributed by atoms with E-state index >= 15 is 0 Å². The van der Waals surface area contributed by atoms with Gasteiger partial charge in [-0.25, -0.2) is 4.79 Å². The highest BCUT2D eigenvalue weighted by Gasteiger charge is 2.24. The Balaban J connectivity index is 4.22. The van der Waals surface area contributed by atoms with Gasteiger partial charge in [-0.05, 0) is 19.3 Å². The highest BCUT2D eigenvalue weighted by atomic mass is 16.6. The summed E-state index contributed by atoms with van der Waals surface area (Å²) in [4.78, 5) is 23.6. The van der Waals surface area contributed by atoms with Gasteiger partial charge in [0.2, 0.25) is 0 Å². The molecule has 0 N–H and O–H groups in total. The summed E-state index contributed by atoms with van der Waals surface area (Å²) in [5.41, 5.74) is 0. The molecule has 0 bridgehead atoms. The molecule has 0 saturated heterocycles. The average molecular weight is 302 g/mol. The van der Waals surface area contributed by atoms with Gasteiger partial charge in [0.1, 0.15) is 0 Å². The van der Waals surface area contributed by atoms with Crippen LogP contribution in [-0.4, -0.2) is 37.9 Å². The summed E-state index contributed by atoms with van der Waals surface area (Å²) in [5, 5.41) is 0. The lowest BCUT2D eigenvalue weighted by Gasteiger charge is -2.16. The summed E-state index contributed by atoms with van der Waals surface area (Å²) >= 11 is 0. The van der Waals surface area contributed by atoms with Gasteiger partial charge in [0.25, 0.3) is 0 Å². The van der Waals surface area contributed by atoms with E-state index in [0.717, 1.165) is 38.5 Å². The molecule has 0 saturated carbocycles. The second-order valence-corrected chi connectivity index (χ2v) is 5.01. The fourth-order valence-electron chi connectivity index (χ4n) is 1.53. The molecule has 21 heavy (non-hydrogen) atoms. The third kappa shape index (κ3) is 11.3. The second-order valence-electron chi connectivity index (χ2n) is 5.01. The standard InChI is InChI=1S/C16H30O5/c1-4-7-10-19-14(16(18)21-12-9-6-3)13-15(17)20-11-8-5-2/h14H,4-13H2,1-3H3/t14-/m0/s1. The lowest BCUT2D eigenvalue weighted by Crippen LogP contribution is -2.30. The van der Waals surface area contributed by atoms with Crippen molar-refractivity contribution in [3.05, 3.63) is 0 Å². The lowest BCUT2D eigenvalue weighted by molar-refractivity contribution is -0.164. The van der Waals surface area contributed by atoms with Crippen LogP contribution in [0.25, 0.3) is 0 Å². The van der Waals surface area contributed by atoms with Gasteiger partial charge in [-0.15, -0.1) is 0 Å². The Labute approximate surface area is 128 Å². The molecule has 1 atom stereocenters. The molecule has 0 spiro atoms. The van der Waals surface area contributed by atoms with E-state index < -0.39 is 18.0 Å². The second kappa shape index (κ2) is 13.9. The molecule has 0 aliphatic rings. The highest BCUT2D eigenvalue weighted by molar-refractivity contribution is 5.81. The number of carbonyl (C=O) groups is 2. The van der Waals surface area contributed by atoms with Gasteiger partial charge in [-0.1, -0.05) is 40.0 Å². The zero-order valence-corrected chi connectivity index (χ0v) is 13.7. The van der Waals surface area contributed by atoms with Crippen molar-refractivity contribution in [1.29, 1.82) is 0 Å². The van der Waals surface area contributed by atoms with Gasteiger partial charge in [0.05, 0.1) is 19.6 Å². The molecule has 5 nitrogen and oxygen atoms in total. The Hall–Kier alpha value is -1.10. The predicted octanol–water partition coefficient (Wildman–Crippen LogP) is 3.25. The topological polar surface area (TPSA) is 61.8 Å². The van der Waals surface area contributed by atoms with Crippen LogP contribution in [-0.2, 0) is 23.8 Å². The van der Waals surface area contributed by atoms with E-state index in [1.54, 1.807) is 0 Å². The molecule has 124 valence electrons. The van der Waals surface area contributed by atoms with Crippen LogP contribution in [0.15, 0.2) is 0 Å². The highest BCUT2D eigenvalue weighted by Crippen LogP contribution is 2.07. The predicted molar refractivity (Wildman–Crippen MR) is 81.0 cm³/mol. The van der Waals surface area contributed by atoms with Gasteiger partial charge in [0.15, 0.2) is 6.10 Å². The first-order valence-corrected chi connectivity index (χ1v) is 8.09. The molecule has 0 rings (SSSR count). The first-order chi connectivity index (χ1) is 10.2. The van der Waals surface area contributed by atoms with E-state index in [1.807, 2.05) is 20.8 Å². The van der Waals surface area contributed by atoms with Crippen LogP contribution in [0.1, 0.15) is 65.7 Å². The number of hydrogen-bond donors (Lipinski definition) is 0. The molecule has 0 aromatic carbocycles. The minimum Gasteiger partial charge on any atom is -0.466 e. The monoisotopic (exact) mass is 302 g/mol. The van der Waals surface area contributed by atoms with E-state index in [-0.39, 0.29) is 6.42 Å². The Kier molecular flexibility index (Phi) is 13.1. The van der Waals surface area contributed by atoms with Crippen molar-refractivity contribution in [2.45, 2.75) is 71.8 Å². The third-order valence-electron chi connectivity index (χ3n) is 2.94. The summed E-state index contributed by atoms with van der Waals surface area (Å²) < 4.78 is 15.7. The fraction of sp³-hybridized carbons (Fsp3) is 0.875. The zero-order valence-electron chi connectivity index (χ0n) is 13.7. The number of hydrogen-bond acceptors (Lipinski definition) is 5. The van der Waals surface area contributed by atoms with Crippen molar-refractivity contribution in [2.75, 3.05) is 19.8 Å². The number of ether oxygens (including phenoxy) is 3. The van der Waals surface area contributed by atoms with Crippen LogP contribution in [0.4, 0.5) is 0 Å². The van der Waals surface area contributed by atoms with Gasteiger partial charge < -0.3 is 14.2 Å². The normalized spacial score (nSPS) is 12.0. The van der Waals surface area contributed by atoms with Crippen molar-refractivity contribution in [3.8, 4) is 0 Å². The summed E-state index contributed by atoms with van der Waals surface area (Å²) in [5.74, 6) is -0.871. The van der Waals surface area contributed by atoms with Crippen molar-refractivity contribution in [2.24, 2.45) is 0 Å². The molecule has 0 aliphatic carbocycles. The summed E-state index contributed by atoms with van der Waals surface area (Å²) in [6.45, 7) is 7.29. The Morgan fingerprint density at radius 2 is 1.33 bits per heavy atom. The molecule has 0 aromatic rings. The fourth-order valence-corrected chi connectivity index (χ4v) is 1.53. The van der Waals surface area contributed by atoms with Crippen LogP contribution in [0.2, 0.25) is 0 Å². The maximum Gasteiger partial charge on any atom is 0.335 e. The van der Waals surface area contributed by atoms with E-state index in [0.29, 0.717) is 19.8 Å². The van der Waals surface area contributed by atoms with Gasteiger partial charge in [-0.2, -0.15) is 0 Å². The first kappa shape index (κ1) is 19.9. The lowest BCUT2D eigenvalue weighted by atomic mass is 10.2. The van der Waals surface area contributed by atoms with Gasteiger partial charge in [0, 0.05) is 6.61 Å². The quantitative estimate of drug-likeness (QED) is 0.386. The maximum absolute atomic E-state index is 11.9. The van der Waals surface area contributed by atoms with Crippen molar-refractivity contribution in [1.82, 2.24) is 0 Å². The first-order valence-electron chi connectivity index (χ1n) is 8.09. The average Bonchev–Trinajstić information content (AvgIpc) is 2.47. The SMILES string of the molecule is CCCCOC(=O)C[C@H](OCCCC)C(=O)OCCCC. The molecule has 0 radical (unpaired) electrons. The van der Waals surface area contributed by atoms with Crippen molar-refractivity contribution < 1.29 is 23.8 Å². The molecule has 0 unspecified atom stereocenters. The molecule has 0 aromatic heterocycles. The van der Waals surface area contributed by atoms with Crippen LogP contribution < -0.4 is 0 Å². The molecule has 0 amide bonds. The number of carbonyl (C=O) groups excluding carboxylic acids is 2. The van der Waals surface area contributed by atoms with Crippen molar-refractivity contribution in [3.63, 3.8) is 0 Å². The van der Waals surface area contributed by atoms with Crippen LogP contribution in [0.3, 0.4) is 0 Å². The number of rotatable bonds is 13. The van der Waals surface area contributed by atoms with Crippen LogP contribution in [0, 0.1) is 0 Å². The van der Waals surface area contributed by atoms with Gasteiger partial charge >= 0.3 is 11.9 Å². The molecule has 0 aliphatic heterocycles. The smallest absolute Gasteiger partial charge is 0.335 e. The number of esters is 2. The molecular weight excluding hydrogens is 272 g/mol. The zero-order chi connectivity index (χ0) is 15.9. The van der Waals surface area contributed by atoms with Crippen molar-refractivity contribution >= 4 is 11.9 Å².